The highest BCUT2D eigenvalue weighted by Crippen LogP contribution is 2.20. The Morgan fingerprint density at radius 3 is 2.48 bits per heavy atom. The van der Waals surface area contributed by atoms with Crippen molar-refractivity contribution in [1.82, 2.24) is 15.5 Å². The van der Waals surface area contributed by atoms with E-state index in [0.717, 1.165) is 25.7 Å². The second-order valence-corrected chi connectivity index (χ2v) is 6.77. The molecule has 2 N–H and O–H groups in total. The SMILES string of the molecule is CC(C)CNC(=O)[C@@H]1CCCN1C(=O)NC1CCCCC1. The highest BCUT2D eigenvalue weighted by molar-refractivity contribution is 5.87. The van der Waals surface area contributed by atoms with Crippen molar-refractivity contribution in [3.63, 3.8) is 0 Å². The zero-order valence-corrected chi connectivity index (χ0v) is 13.4. The fraction of sp³-hybridized carbons (Fsp3) is 0.875. The molecule has 0 aromatic carbocycles. The largest absolute Gasteiger partial charge is 0.354 e. The topological polar surface area (TPSA) is 61.4 Å². The minimum Gasteiger partial charge on any atom is -0.354 e. The summed E-state index contributed by atoms with van der Waals surface area (Å²) < 4.78 is 0. The number of likely N-dealkylation sites (tertiary alicyclic amines) is 1. The van der Waals surface area contributed by atoms with Crippen molar-refractivity contribution >= 4 is 11.9 Å². The van der Waals surface area contributed by atoms with Gasteiger partial charge in [0.05, 0.1) is 0 Å². The van der Waals surface area contributed by atoms with Crippen LogP contribution in [0, 0.1) is 5.92 Å². The number of nitrogens with one attached hydrogen (secondary N) is 2. The van der Waals surface area contributed by atoms with Crippen LogP contribution in [0.15, 0.2) is 0 Å². The van der Waals surface area contributed by atoms with E-state index in [4.69, 9.17) is 0 Å². The first kappa shape index (κ1) is 16.1. The summed E-state index contributed by atoms with van der Waals surface area (Å²) in [6.07, 6.45) is 7.51. The van der Waals surface area contributed by atoms with Crippen LogP contribution in [0.2, 0.25) is 0 Å². The third-order valence-corrected chi connectivity index (χ3v) is 4.43. The molecule has 1 saturated heterocycles. The summed E-state index contributed by atoms with van der Waals surface area (Å²) >= 11 is 0. The van der Waals surface area contributed by atoms with E-state index in [9.17, 15) is 9.59 Å². The first-order chi connectivity index (χ1) is 10.1. The molecule has 120 valence electrons. The average molecular weight is 295 g/mol. The fourth-order valence-corrected chi connectivity index (χ4v) is 3.21. The summed E-state index contributed by atoms with van der Waals surface area (Å²) in [5.41, 5.74) is 0. The lowest BCUT2D eigenvalue weighted by molar-refractivity contribution is -0.124. The van der Waals surface area contributed by atoms with Gasteiger partial charge >= 0.3 is 6.03 Å². The molecule has 1 saturated carbocycles. The molecule has 1 aliphatic carbocycles. The fourth-order valence-electron chi connectivity index (χ4n) is 3.21. The summed E-state index contributed by atoms with van der Waals surface area (Å²) in [4.78, 5) is 26.4. The number of rotatable bonds is 4. The molecule has 0 aromatic rings. The lowest BCUT2D eigenvalue weighted by atomic mass is 9.96. The minimum absolute atomic E-state index is 0.00000541. The quantitative estimate of drug-likeness (QED) is 0.836. The molecule has 1 heterocycles. The van der Waals surface area contributed by atoms with Crippen molar-refractivity contribution in [1.29, 1.82) is 0 Å². The van der Waals surface area contributed by atoms with E-state index in [0.29, 0.717) is 25.0 Å². The van der Waals surface area contributed by atoms with Crippen LogP contribution in [-0.2, 0) is 4.79 Å². The van der Waals surface area contributed by atoms with Crippen molar-refractivity contribution < 1.29 is 9.59 Å². The summed E-state index contributed by atoms with van der Waals surface area (Å²) in [6, 6.07) is -0.0392. The van der Waals surface area contributed by atoms with Gasteiger partial charge in [0, 0.05) is 19.1 Å². The maximum Gasteiger partial charge on any atom is 0.318 e. The van der Waals surface area contributed by atoms with E-state index in [1.54, 1.807) is 4.90 Å². The van der Waals surface area contributed by atoms with Gasteiger partial charge in [-0.15, -0.1) is 0 Å². The Morgan fingerprint density at radius 1 is 1.10 bits per heavy atom. The Hall–Kier alpha value is -1.26. The maximum atomic E-state index is 12.4. The second kappa shape index (κ2) is 7.66. The molecule has 3 amide bonds. The molecule has 0 unspecified atom stereocenters. The van der Waals surface area contributed by atoms with Crippen molar-refractivity contribution in [2.24, 2.45) is 5.92 Å². The van der Waals surface area contributed by atoms with E-state index in [1.807, 2.05) is 0 Å². The van der Waals surface area contributed by atoms with Crippen LogP contribution in [0.5, 0.6) is 0 Å². The Morgan fingerprint density at radius 2 is 1.81 bits per heavy atom. The number of carbonyl (C=O) groups excluding carboxylic acids is 2. The van der Waals surface area contributed by atoms with Crippen LogP contribution in [0.25, 0.3) is 0 Å². The average Bonchev–Trinajstić information content (AvgIpc) is 2.95. The van der Waals surface area contributed by atoms with Gasteiger partial charge in [0.25, 0.3) is 0 Å². The Labute approximate surface area is 127 Å². The number of hydrogen-bond acceptors (Lipinski definition) is 2. The molecule has 2 fully saturated rings. The summed E-state index contributed by atoms with van der Waals surface area (Å²) in [7, 11) is 0. The van der Waals surface area contributed by atoms with Gasteiger partial charge in [-0.05, 0) is 31.6 Å². The van der Waals surface area contributed by atoms with Gasteiger partial charge in [0.1, 0.15) is 6.04 Å². The molecule has 0 radical (unpaired) electrons. The number of urea groups is 1. The Balaban J connectivity index is 1.85. The van der Waals surface area contributed by atoms with Gasteiger partial charge in [0.15, 0.2) is 0 Å². The van der Waals surface area contributed by atoms with Crippen LogP contribution < -0.4 is 10.6 Å². The third-order valence-electron chi connectivity index (χ3n) is 4.43. The van der Waals surface area contributed by atoms with E-state index in [1.165, 1.54) is 19.3 Å². The summed E-state index contributed by atoms with van der Waals surface area (Å²) in [5.74, 6) is 0.430. The van der Waals surface area contributed by atoms with Crippen molar-refractivity contribution in [2.75, 3.05) is 13.1 Å². The predicted molar refractivity (Wildman–Crippen MR) is 83.0 cm³/mol. The zero-order chi connectivity index (χ0) is 15.2. The molecule has 1 aliphatic heterocycles. The van der Waals surface area contributed by atoms with Gasteiger partial charge in [-0.3, -0.25) is 4.79 Å². The van der Waals surface area contributed by atoms with E-state index < -0.39 is 0 Å². The minimum atomic E-state index is -0.285. The van der Waals surface area contributed by atoms with Crippen LogP contribution in [0.1, 0.15) is 58.8 Å². The van der Waals surface area contributed by atoms with E-state index >= 15 is 0 Å². The highest BCUT2D eigenvalue weighted by atomic mass is 16.2. The molecular weight excluding hydrogens is 266 g/mol. The van der Waals surface area contributed by atoms with Crippen LogP contribution in [0.4, 0.5) is 4.79 Å². The van der Waals surface area contributed by atoms with Gasteiger partial charge in [-0.2, -0.15) is 0 Å². The molecule has 5 nitrogen and oxygen atoms in total. The summed E-state index contributed by atoms with van der Waals surface area (Å²) in [5, 5.41) is 6.07. The molecular formula is C16H29N3O2. The van der Waals surface area contributed by atoms with E-state index in [-0.39, 0.29) is 18.0 Å². The second-order valence-electron chi connectivity index (χ2n) is 6.77. The standard InChI is InChI=1S/C16H29N3O2/c1-12(2)11-17-15(20)14-9-6-10-19(14)16(21)18-13-7-4-3-5-8-13/h12-14H,3-11H2,1-2H3,(H,17,20)(H,18,21)/t14-/m0/s1. The van der Waals surface area contributed by atoms with E-state index in [2.05, 4.69) is 24.5 Å². The monoisotopic (exact) mass is 295 g/mol. The van der Waals surface area contributed by atoms with Crippen molar-refractivity contribution in [3.8, 4) is 0 Å². The number of nitrogens with zero attached hydrogens (tertiary/aromatic N) is 1. The first-order valence-electron chi connectivity index (χ1n) is 8.42. The van der Waals surface area contributed by atoms with Crippen LogP contribution >= 0.6 is 0 Å². The Bertz CT molecular complexity index is 365. The number of amides is 3. The molecule has 5 heteroatoms. The lowest BCUT2D eigenvalue weighted by Crippen LogP contribution is -2.52. The molecule has 2 rings (SSSR count). The van der Waals surface area contributed by atoms with Crippen LogP contribution in [0.3, 0.4) is 0 Å². The Kier molecular flexibility index (Phi) is 5.88. The van der Waals surface area contributed by atoms with Gasteiger partial charge in [-0.25, -0.2) is 4.79 Å². The molecule has 0 aromatic heterocycles. The normalized spacial score (nSPS) is 23.4. The third kappa shape index (κ3) is 4.61. The first-order valence-corrected chi connectivity index (χ1v) is 8.42. The molecule has 0 bridgehead atoms. The van der Waals surface area contributed by atoms with Gasteiger partial charge < -0.3 is 15.5 Å². The molecule has 21 heavy (non-hydrogen) atoms. The smallest absolute Gasteiger partial charge is 0.318 e. The number of carbonyl (C=O) groups is 2. The number of hydrogen-bond donors (Lipinski definition) is 2. The zero-order valence-electron chi connectivity index (χ0n) is 13.4. The predicted octanol–water partition coefficient (Wildman–Crippen LogP) is 2.27. The highest BCUT2D eigenvalue weighted by Gasteiger charge is 2.34. The lowest BCUT2D eigenvalue weighted by Gasteiger charge is -2.29. The molecule has 2 aliphatic rings. The van der Waals surface area contributed by atoms with Gasteiger partial charge in [-0.1, -0.05) is 33.1 Å². The maximum absolute atomic E-state index is 12.4. The molecule has 0 spiro atoms. The van der Waals surface area contributed by atoms with Gasteiger partial charge in [0.2, 0.25) is 5.91 Å². The molecule has 1 atom stereocenters. The van der Waals surface area contributed by atoms with Crippen molar-refractivity contribution in [2.45, 2.75) is 70.9 Å². The van der Waals surface area contributed by atoms with Crippen LogP contribution in [-0.4, -0.2) is 42.0 Å². The summed E-state index contributed by atoms with van der Waals surface area (Å²) in [6.45, 7) is 5.51. The van der Waals surface area contributed by atoms with Crippen molar-refractivity contribution in [3.05, 3.63) is 0 Å².